The van der Waals surface area contributed by atoms with Crippen LogP contribution in [-0.4, -0.2) is 89.6 Å². The third kappa shape index (κ3) is 5.17. The van der Waals surface area contributed by atoms with Crippen molar-refractivity contribution < 1.29 is 23.1 Å². The average Bonchev–Trinajstić information content (AvgIpc) is 3.37. The molecule has 9 atom stereocenters. The van der Waals surface area contributed by atoms with Gasteiger partial charge in [0.25, 0.3) is 0 Å². The summed E-state index contributed by atoms with van der Waals surface area (Å²) in [5.74, 6) is -1.80. The van der Waals surface area contributed by atoms with Crippen molar-refractivity contribution in [3.63, 3.8) is 0 Å². The van der Waals surface area contributed by atoms with Crippen molar-refractivity contribution in [3.05, 3.63) is 0 Å². The first-order chi connectivity index (χ1) is 17.0. The predicted octanol–water partition coefficient (Wildman–Crippen LogP) is 2.62. The van der Waals surface area contributed by atoms with E-state index in [0.717, 1.165) is 38.8 Å². The van der Waals surface area contributed by atoms with Crippen molar-refractivity contribution in [2.45, 2.75) is 89.3 Å². The van der Waals surface area contributed by atoms with Gasteiger partial charge in [-0.3, -0.25) is 14.6 Å². The Morgan fingerprint density at radius 2 is 1.83 bits per heavy atom. The third-order valence-corrected chi connectivity index (χ3v) is 10.4. The van der Waals surface area contributed by atoms with Crippen molar-refractivity contribution in [2.24, 2.45) is 35.5 Å². The first-order valence-electron chi connectivity index (χ1n) is 14.0. The molecule has 3 heterocycles. The van der Waals surface area contributed by atoms with Crippen molar-refractivity contribution in [1.29, 1.82) is 0 Å². The number of β-amino-alcohol motifs (C(OH)–C–C–N with tert-alkyl or cyclic N) is 1. The van der Waals surface area contributed by atoms with E-state index in [-0.39, 0.29) is 49.1 Å². The molecule has 7 unspecified atom stereocenters. The monoisotopic (exact) mass is 515 g/mol. The minimum absolute atomic E-state index is 0.0329. The molecule has 3 saturated heterocycles. The highest BCUT2D eigenvalue weighted by atomic mass is 19.4. The summed E-state index contributed by atoms with van der Waals surface area (Å²) >= 11 is 0. The van der Waals surface area contributed by atoms with E-state index in [1.165, 1.54) is 0 Å². The molecule has 0 aromatic heterocycles. The van der Waals surface area contributed by atoms with Gasteiger partial charge in [0.1, 0.15) is 0 Å². The van der Waals surface area contributed by atoms with Crippen LogP contribution in [-0.2, 0) is 4.79 Å². The number of nitrogens with one attached hydrogen (secondary N) is 2. The number of carbonyl (C=O) groups is 1. The fourth-order valence-electron chi connectivity index (χ4n) is 7.96. The number of amides is 1. The molecule has 7 nitrogen and oxygen atoms in total. The molecule has 1 amide bonds. The molecule has 5 fully saturated rings. The van der Waals surface area contributed by atoms with Gasteiger partial charge in [0.2, 0.25) is 5.91 Å². The number of halogens is 3. The van der Waals surface area contributed by atoms with Crippen LogP contribution in [0.3, 0.4) is 0 Å². The maximum Gasteiger partial charge on any atom is 0.392 e. The molecular formula is C26H44F3N5O2. The van der Waals surface area contributed by atoms with Crippen LogP contribution in [0.2, 0.25) is 0 Å². The van der Waals surface area contributed by atoms with E-state index in [4.69, 9.17) is 0 Å². The number of carbonyl (C=O) groups excluding carboxylic acids is 1. The lowest BCUT2D eigenvalue weighted by atomic mass is 9.66. The number of nitrogens with zero attached hydrogens (tertiary/aromatic N) is 3. The maximum absolute atomic E-state index is 14.3. The number of rotatable bonds is 6. The van der Waals surface area contributed by atoms with E-state index in [2.05, 4.69) is 34.6 Å². The number of aliphatic hydroxyl groups excluding tert-OH is 1. The number of hydrogen-bond donors (Lipinski definition) is 3. The fourth-order valence-corrected chi connectivity index (χ4v) is 7.96. The molecule has 10 heteroatoms. The first kappa shape index (κ1) is 26.7. The van der Waals surface area contributed by atoms with Gasteiger partial charge in [-0.2, -0.15) is 13.2 Å². The molecule has 5 rings (SSSR count). The highest BCUT2D eigenvalue weighted by Crippen LogP contribution is 2.52. The van der Waals surface area contributed by atoms with Crippen LogP contribution in [0.5, 0.6) is 0 Å². The van der Waals surface area contributed by atoms with Crippen molar-refractivity contribution in [2.75, 3.05) is 33.4 Å². The van der Waals surface area contributed by atoms with E-state index < -0.39 is 23.9 Å². The summed E-state index contributed by atoms with van der Waals surface area (Å²) in [5.41, 5.74) is 6.50. The van der Waals surface area contributed by atoms with Gasteiger partial charge in [0, 0.05) is 37.6 Å². The van der Waals surface area contributed by atoms with Crippen LogP contribution in [0.1, 0.15) is 58.8 Å². The number of hydrogen-bond acceptors (Lipinski definition) is 6. The van der Waals surface area contributed by atoms with E-state index in [9.17, 15) is 23.1 Å². The zero-order valence-electron chi connectivity index (χ0n) is 21.9. The van der Waals surface area contributed by atoms with Crippen LogP contribution in [0.15, 0.2) is 0 Å². The standard InChI is InChI=1S/C26H44F3N5O2/c1-15(7-24-31-30-14-32(24)3)17-5-4-6-19(8-17)34-13-22-21(25(34)36)9-18(10-23(22)26(27,28)29)16(2)33-11-20(35)12-33/h15-24,30-31,35H,4-14H2,1-3H3/t15-,16+,17?,18?,19?,21?,22?,23?,24?/m1/s1. The van der Waals surface area contributed by atoms with E-state index in [1.807, 2.05) is 11.8 Å². The quantitative estimate of drug-likeness (QED) is 0.505. The molecule has 0 spiro atoms. The zero-order valence-corrected chi connectivity index (χ0v) is 21.9. The molecule has 3 N–H and O–H groups in total. The molecular weight excluding hydrogens is 471 g/mol. The van der Waals surface area contributed by atoms with Crippen molar-refractivity contribution in [1.82, 2.24) is 25.6 Å². The molecule has 3 aliphatic heterocycles. The van der Waals surface area contributed by atoms with E-state index in [1.54, 1.807) is 0 Å². The lowest BCUT2D eigenvalue weighted by Crippen LogP contribution is -2.58. The summed E-state index contributed by atoms with van der Waals surface area (Å²) < 4.78 is 42.8. The Morgan fingerprint density at radius 3 is 2.47 bits per heavy atom. The second kappa shape index (κ2) is 10.3. The summed E-state index contributed by atoms with van der Waals surface area (Å²) in [4.78, 5) is 19.9. The van der Waals surface area contributed by atoms with Gasteiger partial charge >= 0.3 is 6.18 Å². The molecule has 0 radical (unpaired) electrons. The molecule has 0 aromatic carbocycles. The summed E-state index contributed by atoms with van der Waals surface area (Å²) in [6.45, 7) is 6.37. The smallest absolute Gasteiger partial charge is 0.390 e. The van der Waals surface area contributed by atoms with Crippen molar-refractivity contribution >= 4 is 5.91 Å². The Bertz CT molecular complexity index is 794. The molecule has 2 saturated carbocycles. The van der Waals surface area contributed by atoms with E-state index >= 15 is 0 Å². The second-order valence-electron chi connectivity index (χ2n) is 12.5. The fraction of sp³-hybridized carbons (Fsp3) is 0.962. The Morgan fingerprint density at radius 1 is 1.08 bits per heavy atom. The van der Waals surface area contributed by atoms with Crippen molar-refractivity contribution in [3.8, 4) is 0 Å². The van der Waals surface area contributed by atoms with Gasteiger partial charge in [0.05, 0.1) is 24.9 Å². The lowest BCUT2D eigenvalue weighted by molar-refractivity contribution is -0.207. The van der Waals surface area contributed by atoms with E-state index in [0.29, 0.717) is 31.3 Å². The minimum Gasteiger partial charge on any atom is -0.390 e. The van der Waals surface area contributed by atoms with Gasteiger partial charge in [-0.05, 0) is 69.7 Å². The third-order valence-electron chi connectivity index (χ3n) is 10.4. The summed E-state index contributed by atoms with van der Waals surface area (Å²) in [6.07, 6.45) is 1.24. The van der Waals surface area contributed by atoms with Gasteiger partial charge < -0.3 is 10.0 Å². The number of aliphatic hydroxyl groups is 1. The van der Waals surface area contributed by atoms with Gasteiger partial charge in [-0.25, -0.2) is 10.9 Å². The summed E-state index contributed by atoms with van der Waals surface area (Å²) in [6, 6.07) is 0.0183. The first-order valence-corrected chi connectivity index (χ1v) is 14.0. The van der Waals surface area contributed by atoms with Crippen LogP contribution in [0, 0.1) is 35.5 Å². The largest absolute Gasteiger partial charge is 0.392 e. The number of alkyl halides is 3. The van der Waals surface area contributed by atoms with Gasteiger partial charge in [-0.15, -0.1) is 0 Å². The number of likely N-dealkylation sites (tertiary alicyclic amines) is 2. The molecule has 0 bridgehead atoms. The predicted molar refractivity (Wildman–Crippen MR) is 130 cm³/mol. The Kier molecular flexibility index (Phi) is 7.64. The highest BCUT2D eigenvalue weighted by molar-refractivity contribution is 5.82. The van der Waals surface area contributed by atoms with Crippen LogP contribution in [0.25, 0.3) is 0 Å². The maximum atomic E-state index is 14.3. The molecule has 36 heavy (non-hydrogen) atoms. The second-order valence-corrected chi connectivity index (χ2v) is 12.5. The molecule has 0 aromatic rings. The number of hydrazine groups is 1. The van der Waals surface area contributed by atoms with Gasteiger partial charge in [-0.1, -0.05) is 19.8 Å². The van der Waals surface area contributed by atoms with Crippen LogP contribution < -0.4 is 10.9 Å². The minimum atomic E-state index is -4.29. The zero-order chi connectivity index (χ0) is 25.8. The number of fused-ring (bicyclic) bond motifs is 1. The average molecular weight is 516 g/mol. The summed E-state index contributed by atoms with van der Waals surface area (Å²) in [5, 5.41) is 9.68. The molecule has 2 aliphatic carbocycles. The lowest BCUT2D eigenvalue weighted by Gasteiger charge is -2.47. The Hall–Kier alpha value is -0.940. The summed E-state index contributed by atoms with van der Waals surface area (Å²) in [7, 11) is 2.09. The Labute approximate surface area is 213 Å². The van der Waals surface area contributed by atoms with Crippen LogP contribution in [0.4, 0.5) is 13.2 Å². The topological polar surface area (TPSA) is 71.1 Å². The SMILES string of the molecule is C[C@H](CC1NNCN1C)C1CCCC(N2CC3C(CC([C@H](C)N4CC(O)C4)CC3C(F)(F)F)C2=O)C1. The highest BCUT2D eigenvalue weighted by Gasteiger charge is 2.58. The normalized spacial score (nSPS) is 40.8. The molecule has 206 valence electrons. The van der Waals surface area contributed by atoms with Crippen LogP contribution >= 0.6 is 0 Å². The Balaban J connectivity index is 1.26. The molecule has 5 aliphatic rings. The van der Waals surface area contributed by atoms with Gasteiger partial charge in [0.15, 0.2) is 0 Å².